The molecule has 0 saturated carbocycles. The summed E-state index contributed by atoms with van der Waals surface area (Å²) in [6.07, 6.45) is 5.20. The van der Waals surface area contributed by atoms with Crippen LogP contribution >= 0.6 is 0 Å². The van der Waals surface area contributed by atoms with Gasteiger partial charge in [-0.1, -0.05) is 12.1 Å². The fourth-order valence-corrected chi connectivity index (χ4v) is 3.13. The van der Waals surface area contributed by atoms with Crippen molar-refractivity contribution in [2.24, 2.45) is 0 Å². The monoisotopic (exact) mass is 280 g/mol. The number of fused-ring (bicyclic) bond motifs is 1. The van der Waals surface area contributed by atoms with Crippen LogP contribution in [0.4, 0.5) is 5.69 Å². The van der Waals surface area contributed by atoms with E-state index in [1.54, 1.807) is 6.26 Å². The van der Waals surface area contributed by atoms with Crippen LogP contribution in [0.2, 0.25) is 0 Å². The van der Waals surface area contributed by atoms with Gasteiger partial charge < -0.3 is 10.2 Å². The Labute approximate surface area is 118 Å². The smallest absolute Gasteiger partial charge is 0.0396 e. The molecule has 0 saturated heterocycles. The van der Waals surface area contributed by atoms with Crippen molar-refractivity contribution in [3.05, 3.63) is 29.3 Å². The van der Waals surface area contributed by atoms with Crippen LogP contribution in [-0.4, -0.2) is 36.4 Å². The van der Waals surface area contributed by atoms with Crippen molar-refractivity contribution in [3.8, 4) is 0 Å². The molecule has 0 amide bonds. The first-order chi connectivity index (χ1) is 9.16. The van der Waals surface area contributed by atoms with Crippen molar-refractivity contribution >= 4 is 16.5 Å². The van der Waals surface area contributed by atoms with E-state index in [1.165, 1.54) is 36.2 Å². The molecule has 2 rings (SSSR count). The van der Waals surface area contributed by atoms with E-state index in [-0.39, 0.29) is 0 Å². The summed E-state index contributed by atoms with van der Waals surface area (Å²) < 4.78 is 10.9. The van der Waals surface area contributed by atoms with Crippen LogP contribution in [0.5, 0.6) is 0 Å². The second-order valence-electron chi connectivity index (χ2n) is 5.30. The van der Waals surface area contributed by atoms with Gasteiger partial charge in [0.15, 0.2) is 0 Å². The van der Waals surface area contributed by atoms with Gasteiger partial charge in [0.05, 0.1) is 0 Å². The molecule has 3 nitrogen and oxygen atoms in total. The van der Waals surface area contributed by atoms with E-state index in [1.807, 2.05) is 0 Å². The van der Waals surface area contributed by atoms with Crippen LogP contribution in [0, 0.1) is 0 Å². The highest BCUT2D eigenvalue weighted by Crippen LogP contribution is 2.26. The van der Waals surface area contributed by atoms with Crippen LogP contribution in [0.1, 0.15) is 24.0 Å². The van der Waals surface area contributed by atoms with E-state index < -0.39 is 10.8 Å². The summed E-state index contributed by atoms with van der Waals surface area (Å²) >= 11 is 0. The number of hydrogen-bond acceptors (Lipinski definition) is 3. The predicted octanol–water partition coefficient (Wildman–Crippen LogP) is 1.93. The molecule has 1 heterocycles. The molecule has 0 fully saturated rings. The Morgan fingerprint density at radius 3 is 3.05 bits per heavy atom. The molecule has 106 valence electrons. The number of benzene rings is 1. The summed E-state index contributed by atoms with van der Waals surface area (Å²) in [5.74, 6) is 0.794. The maximum atomic E-state index is 10.9. The minimum atomic E-state index is -0.665. The molecular weight excluding hydrogens is 256 g/mol. The van der Waals surface area contributed by atoms with E-state index in [9.17, 15) is 4.21 Å². The number of aryl methyl sites for hydroxylation is 1. The first-order valence-electron chi connectivity index (χ1n) is 7.00. The largest absolute Gasteiger partial charge is 0.374 e. The lowest BCUT2D eigenvalue weighted by Crippen LogP contribution is -2.25. The molecule has 19 heavy (non-hydrogen) atoms. The highest BCUT2D eigenvalue weighted by atomic mass is 32.2. The molecule has 4 heteroatoms. The third kappa shape index (κ3) is 4.32. The molecule has 0 spiro atoms. The zero-order valence-corrected chi connectivity index (χ0v) is 12.8. The number of nitrogens with zero attached hydrogens (tertiary/aromatic N) is 1. The maximum Gasteiger partial charge on any atom is 0.0396 e. The van der Waals surface area contributed by atoms with Crippen LogP contribution in [0.15, 0.2) is 18.2 Å². The van der Waals surface area contributed by atoms with Gasteiger partial charge in [0.1, 0.15) is 0 Å². The standard InChI is InChI=1S/C15H24N2OS/c1-17-9-3-5-14-11-13(6-7-15(14)17)12-16-8-4-10-19(2)18/h6-7,11,16H,3-5,8-10,12H2,1-2H3. The Kier molecular flexibility index (Phi) is 5.40. The van der Waals surface area contributed by atoms with E-state index in [2.05, 4.69) is 35.5 Å². The lowest BCUT2D eigenvalue weighted by atomic mass is 9.99. The van der Waals surface area contributed by atoms with Gasteiger partial charge in [0.25, 0.3) is 0 Å². The molecule has 1 unspecified atom stereocenters. The van der Waals surface area contributed by atoms with Gasteiger partial charge >= 0.3 is 0 Å². The summed E-state index contributed by atoms with van der Waals surface area (Å²) in [5.41, 5.74) is 4.21. The van der Waals surface area contributed by atoms with Crippen molar-refractivity contribution in [2.45, 2.75) is 25.8 Å². The zero-order chi connectivity index (χ0) is 13.7. The first kappa shape index (κ1) is 14.5. The van der Waals surface area contributed by atoms with Crippen LogP contribution < -0.4 is 10.2 Å². The van der Waals surface area contributed by atoms with E-state index in [4.69, 9.17) is 0 Å². The molecule has 1 aromatic carbocycles. The van der Waals surface area contributed by atoms with Gasteiger partial charge in [0, 0.05) is 48.6 Å². The molecular formula is C15H24N2OS. The van der Waals surface area contributed by atoms with Crippen molar-refractivity contribution < 1.29 is 4.21 Å². The minimum Gasteiger partial charge on any atom is -0.374 e. The average molecular weight is 280 g/mol. The van der Waals surface area contributed by atoms with Gasteiger partial charge in [0.2, 0.25) is 0 Å². The Balaban J connectivity index is 1.83. The SMILES string of the molecule is CN1CCCc2cc(CNCCCS(C)=O)ccc21. The van der Waals surface area contributed by atoms with Crippen LogP contribution in [-0.2, 0) is 23.8 Å². The lowest BCUT2D eigenvalue weighted by Gasteiger charge is -2.27. The van der Waals surface area contributed by atoms with Crippen LogP contribution in [0.3, 0.4) is 0 Å². The van der Waals surface area contributed by atoms with E-state index in [0.717, 1.165) is 25.3 Å². The zero-order valence-electron chi connectivity index (χ0n) is 11.9. The average Bonchev–Trinajstić information content (AvgIpc) is 2.38. The van der Waals surface area contributed by atoms with Gasteiger partial charge in [-0.2, -0.15) is 0 Å². The normalized spacial score (nSPS) is 16.2. The summed E-state index contributed by atoms with van der Waals surface area (Å²) in [7, 11) is 1.50. The summed E-state index contributed by atoms with van der Waals surface area (Å²) in [5, 5.41) is 3.43. The summed E-state index contributed by atoms with van der Waals surface area (Å²) in [6.45, 7) is 3.02. The number of rotatable bonds is 6. The highest BCUT2D eigenvalue weighted by molar-refractivity contribution is 7.84. The van der Waals surface area contributed by atoms with Crippen molar-refractivity contribution in [3.63, 3.8) is 0 Å². The molecule has 0 radical (unpaired) electrons. The maximum absolute atomic E-state index is 10.9. The molecule has 1 aliphatic rings. The van der Waals surface area contributed by atoms with E-state index in [0.29, 0.717) is 0 Å². The Morgan fingerprint density at radius 1 is 1.42 bits per heavy atom. The third-order valence-corrected chi connectivity index (χ3v) is 4.47. The Morgan fingerprint density at radius 2 is 2.26 bits per heavy atom. The van der Waals surface area contributed by atoms with Gasteiger partial charge in [-0.15, -0.1) is 0 Å². The third-order valence-electron chi connectivity index (χ3n) is 3.61. The number of anilines is 1. The molecule has 0 bridgehead atoms. The van der Waals surface area contributed by atoms with E-state index >= 15 is 0 Å². The molecule has 1 atom stereocenters. The van der Waals surface area contributed by atoms with Gasteiger partial charge in [-0.25, -0.2) is 0 Å². The predicted molar refractivity (Wildman–Crippen MR) is 83.3 cm³/mol. The second kappa shape index (κ2) is 7.06. The second-order valence-corrected chi connectivity index (χ2v) is 6.85. The van der Waals surface area contributed by atoms with Crippen molar-refractivity contribution in [1.29, 1.82) is 0 Å². The molecule has 1 N–H and O–H groups in total. The summed E-state index contributed by atoms with van der Waals surface area (Å²) in [4.78, 5) is 2.34. The number of nitrogens with one attached hydrogen (secondary N) is 1. The fraction of sp³-hybridized carbons (Fsp3) is 0.600. The van der Waals surface area contributed by atoms with Crippen molar-refractivity contribution in [1.82, 2.24) is 5.32 Å². The fourth-order valence-electron chi connectivity index (χ4n) is 2.58. The minimum absolute atomic E-state index is 0.665. The summed E-state index contributed by atoms with van der Waals surface area (Å²) in [6, 6.07) is 6.79. The number of hydrogen-bond donors (Lipinski definition) is 1. The topological polar surface area (TPSA) is 32.3 Å². The Bertz CT molecular complexity index is 448. The highest BCUT2D eigenvalue weighted by Gasteiger charge is 2.13. The lowest BCUT2D eigenvalue weighted by molar-refractivity contribution is 0.661. The molecule has 1 aliphatic heterocycles. The molecule has 1 aromatic rings. The molecule has 0 aliphatic carbocycles. The van der Waals surface area contributed by atoms with Gasteiger partial charge in [-0.05, 0) is 43.0 Å². The quantitative estimate of drug-likeness (QED) is 0.808. The first-order valence-corrected chi connectivity index (χ1v) is 8.73. The van der Waals surface area contributed by atoms with Crippen LogP contribution in [0.25, 0.3) is 0 Å². The van der Waals surface area contributed by atoms with Gasteiger partial charge in [-0.3, -0.25) is 4.21 Å². The van der Waals surface area contributed by atoms with Crippen molar-refractivity contribution in [2.75, 3.05) is 37.0 Å². The Hall–Kier alpha value is -0.870. The molecule has 0 aromatic heterocycles.